The molecule has 0 spiro atoms. The number of hydrogen-bond donors (Lipinski definition) is 0. The first-order valence-corrected chi connectivity index (χ1v) is 11.8. The summed E-state index contributed by atoms with van der Waals surface area (Å²) in [6.07, 6.45) is 11.8. The second-order valence-corrected chi connectivity index (χ2v) is 9.12. The third kappa shape index (κ3) is 2.69. The average molecular weight is 439 g/mol. The van der Waals surface area contributed by atoms with Crippen LogP contribution in [0.3, 0.4) is 0 Å². The van der Waals surface area contributed by atoms with Crippen LogP contribution >= 0.6 is 0 Å². The second-order valence-electron chi connectivity index (χ2n) is 9.12. The van der Waals surface area contributed by atoms with Gasteiger partial charge in [0, 0.05) is 27.8 Å². The highest BCUT2D eigenvalue weighted by molar-refractivity contribution is 6.11. The van der Waals surface area contributed by atoms with E-state index in [0.29, 0.717) is 5.56 Å². The van der Waals surface area contributed by atoms with Crippen molar-refractivity contribution >= 4 is 34.0 Å². The van der Waals surface area contributed by atoms with E-state index in [-0.39, 0.29) is 5.92 Å². The van der Waals surface area contributed by atoms with Crippen molar-refractivity contribution in [3.05, 3.63) is 113 Å². The fraction of sp³-hybridized carbons (Fsp3) is 0.129. The number of allylic oxidation sites excluding steroid dienone is 2. The normalized spacial score (nSPS) is 16.5. The molecule has 0 aliphatic heterocycles. The Bertz CT molecular complexity index is 1700. The van der Waals surface area contributed by atoms with Gasteiger partial charge in [0.2, 0.25) is 0 Å². The van der Waals surface area contributed by atoms with E-state index in [1.807, 2.05) is 12.1 Å². The van der Waals surface area contributed by atoms with Gasteiger partial charge in [-0.05, 0) is 55.2 Å². The fourth-order valence-electron chi connectivity index (χ4n) is 5.79. The SMILES string of the molecule is N#Cc1cccc2c3ccccc3n(-c3ccccc3C3C=Cc4oc5c(c4C3)CCC=C5)c12. The summed E-state index contributed by atoms with van der Waals surface area (Å²) >= 11 is 0. The predicted molar refractivity (Wildman–Crippen MR) is 137 cm³/mol. The first-order valence-electron chi connectivity index (χ1n) is 11.8. The summed E-state index contributed by atoms with van der Waals surface area (Å²) in [5.74, 6) is 2.27. The number of furan rings is 1. The van der Waals surface area contributed by atoms with Gasteiger partial charge >= 0.3 is 0 Å². The standard InChI is InChI=1S/C31H22N2O/c32-19-21-8-7-12-25-23-10-2-5-14-28(23)33(31(21)25)27-13-4-1-9-22(27)20-16-17-30-26(18-20)24-11-3-6-15-29(24)34-30/h1-2,4-10,12-17,20H,3,11,18H2. The summed E-state index contributed by atoms with van der Waals surface area (Å²) in [6, 6.07) is 25.5. The molecule has 2 aliphatic carbocycles. The van der Waals surface area contributed by atoms with Crippen molar-refractivity contribution < 1.29 is 4.42 Å². The number of nitriles is 1. The number of rotatable bonds is 2. The van der Waals surface area contributed by atoms with Crippen molar-refractivity contribution in [1.82, 2.24) is 4.57 Å². The van der Waals surface area contributed by atoms with E-state index >= 15 is 0 Å². The summed E-state index contributed by atoms with van der Waals surface area (Å²) in [4.78, 5) is 0. The van der Waals surface area contributed by atoms with E-state index in [1.54, 1.807) is 0 Å². The third-order valence-corrected chi connectivity index (χ3v) is 7.31. The van der Waals surface area contributed by atoms with Gasteiger partial charge in [0.25, 0.3) is 0 Å². The zero-order valence-corrected chi connectivity index (χ0v) is 18.7. The van der Waals surface area contributed by atoms with Gasteiger partial charge in [0.15, 0.2) is 0 Å². The van der Waals surface area contributed by atoms with E-state index < -0.39 is 0 Å². The minimum Gasteiger partial charge on any atom is -0.457 e. The van der Waals surface area contributed by atoms with Gasteiger partial charge in [0.05, 0.1) is 22.3 Å². The quantitative estimate of drug-likeness (QED) is 0.285. The van der Waals surface area contributed by atoms with E-state index in [4.69, 9.17) is 4.42 Å². The highest BCUT2D eigenvalue weighted by Gasteiger charge is 2.27. The molecule has 0 saturated heterocycles. The molecule has 2 heterocycles. The van der Waals surface area contributed by atoms with Crippen molar-refractivity contribution in [2.45, 2.75) is 25.2 Å². The molecular weight excluding hydrogens is 416 g/mol. The Kier molecular flexibility index (Phi) is 4.16. The Morgan fingerprint density at radius 2 is 1.68 bits per heavy atom. The highest BCUT2D eigenvalue weighted by atomic mass is 16.3. The molecule has 0 amide bonds. The molecule has 3 nitrogen and oxygen atoms in total. The van der Waals surface area contributed by atoms with Crippen LogP contribution in [-0.2, 0) is 12.8 Å². The molecule has 3 heteroatoms. The Labute approximate surface area is 197 Å². The molecule has 0 N–H and O–H groups in total. The van der Waals surface area contributed by atoms with Gasteiger partial charge in [0.1, 0.15) is 17.6 Å². The van der Waals surface area contributed by atoms with Crippen molar-refractivity contribution in [3.8, 4) is 11.8 Å². The van der Waals surface area contributed by atoms with E-state index in [1.165, 1.54) is 22.1 Å². The van der Waals surface area contributed by atoms with Crippen molar-refractivity contribution in [3.63, 3.8) is 0 Å². The van der Waals surface area contributed by atoms with E-state index in [9.17, 15) is 5.26 Å². The largest absolute Gasteiger partial charge is 0.457 e. The lowest BCUT2D eigenvalue weighted by atomic mass is 9.84. The van der Waals surface area contributed by atoms with Crippen LogP contribution in [0.4, 0.5) is 0 Å². The van der Waals surface area contributed by atoms with Gasteiger partial charge < -0.3 is 8.98 Å². The van der Waals surface area contributed by atoms with Gasteiger partial charge in [-0.3, -0.25) is 0 Å². The van der Waals surface area contributed by atoms with Crippen LogP contribution in [0, 0.1) is 11.3 Å². The Hall–Kier alpha value is -4.29. The van der Waals surface area contributed by atoms with Crippen LogP contribution in [-0.4, -0.2) is 4.57 Å². The molecule has 0 saturated carbocycles. The Morgan fingerprint density at radius 3 is 2.62 bits per heavy atom. The number of hydrogen-bond acceptors (Lipinski definition) is 2. The zero-order valence-electron chi connectivity index (χ0n) is 18.7. The summed E-state index contributed by atoms with van der Waals surface area (Å²) < 4.78 is 8.43. The van der Waals surface area contributed by atoms with Crippen LogP contribution in [0.1, 0.15) is 46.1 Å². The number of para-hydroxylation sites is 3. The van der Waals surface area contributed by atoms with Crippen LogP contribution in [0.15, 0.2) is 83.3 Å². The molecule has 0 radical (unpaired) electrons. The number of benzene rings is 3. The molecule has 1 atom stereocenters. The smallest absolute Gasteiger partial charge is 0.130 e. The maximum absolute atomic E-state index is 9.96. The lowest BCUT2D eigenvalue weighted by Gasteiger charge is -2.22. The molecular formula is C31H22N2O. The highest BCUT2D eigenvalue weighted by Crippen LogP contribution is 2.41. The lowest BCUT2D eigenvalue weighted by Crippen LogP contribution is -2.10. The number of nitrogens with zero attached hydrogens (tertiary/aromatic N) is 2. The second kappa shape index (κ2) is 7.37. The lowest BCUT2D eigenvalue weighted by molar-refractivity contribution is 0.536. The molecule has 0 bridgehead atoms. The molecule has 2 aliphatic rings. The Balaban J connectivity index is 1.45. The van der Waals surface area contributed by atoms with E-state index in [0.717, 1.165) is 52.9 Å². The van der Waals surface area contributed by atoms with E-state index in [2.05, 4.69) is 89.5 Å². The van der Waals surface area contributed by atoms with Crippen molar-refractivity contribution in [2.24, 2.45) is 0 Å². The molecule has 34 heavy (non-hydrogen) atoms. The minimum absolute atomic E-state index is 0.238. The number of fused-ring (bicyclic) bond motifs is 6. The van der Waals surface area contributed by atoms with Gasteiger partial charge in [-0.15, -0.1) is 0 Å². The zero-order chi connectivity index (χ0) is 22.6. The monoisotopic (exact) mass is 438 g/mol. The molecule has 0 fully saturated rings. The summed E-state index contributed by atoms with van der Waals surface area (Å²) in [7, 11) is 0. The maximum Gasteiger partial charge on any atom is 0.130 e. The summed E-state index contributed by atoms with van der Waals surface area (Å²) in [5.41, 5.74) is 7.91. The summed E-state index contributed by atoms with van der Waals surface area (Å²) in [6.45, 7) is 0. The van der Waals surface area contributed by atoms with Gasteiger partial charge in [-0.25, -0.2) is 0 Å². The van der Waals surface area contributed by atoms with Crippen LogP contribution < -0.4 is 0 Å². The van der Waals surface area contributed by atoms with Crippen LogP contribution in [0.5, 0.6) is 0 Å². The number of aromatic nitrogens is 1. The maximum atomic E-state index is 9.96. The van der Waals surface area contributed by atoms with Crippen LogP contribution in [0.25, 0.3) is 39.6 Å². The molecule has 3 aromatic carbocycles. The third-order valence-electron chi connectivity index (χ3n) is 7.31. The molecule has 7 rings (SSSR count). The fourth-order valence-corrected chi connectivity index (χ4v) is 5.79. The topological polar surface area (TPSA) is 41.9 Å². The van der Waals surface area contributed by atoms with Gasteiger partial charge in [-0.1, -0.05) is 60.7 Å². The molecule has 162 valence electrons. The van der Waals surface area contributed by atoms with Crippen molar-refractivity contribution in [2.75, 3.05) is 0 Å². The Morgan fingerprint density at radius 1 is 0.853 bits per heavy atom. The predicted octanol–water partition coefficient (Wildman–Crippen LogP) is 7.56. The van der Waals surface area contributed by atoms with Crippen molar-refractivity contribution in [1.29, 1.82) is 5.26 Å². The molecule has 2 aromatic heterocycles. The summed E-state index contributed by atoms with van der Waals surface area (Å²) in [5, 5.41) is 12.2. The first kappa shape index (κ1) is 19.2. The average Bonchev–Trinajstić information content (AvgIpc) is 3.44. The minimum atomic E-state index is 0.238. The van der Waals surface area contributed by atoms with Crippen LogP contribution in [0.2, 0.25) is 0 Å². The van der Waals surface area contributed by atoms with Gasteiger partial charge in [-0.2, -0.15) is 5.26 Å². The molecule has 1 unspecified atom stereocenters. The molecule has 5 aromatic rings. The first-order chi connectivity index (χ1) is 16.8.